The van der Waals surface area contributed by atoms with E-state index >= 15 is 0 Å². The van der Waals surface area contributed by atoms with Crippen LogP contribution in [0, 0.1) is 11.8 Å². The van der Waals surface area contributed by atoms with Gasteiger partial charge in [-0.15, -0.1) is 0 Å². The van der Waals surface area contributed by atoms with E-state index in [-0.39, 0.29) is 35.7 Å². The molecule has 0 aliphatic heterocycles. The minimum Gasteiger partial charge on any atom is -0.494 e. The Morgan fingerprint density at radius 3 is 1.11 bits per heavy atom. The van der Waals surface area contributed by atoms with Gasteiger partial charge >= 0.3 is 0 Å². The quantitative estimate of drug-likeness (QED) is 0.0513. The summed E-state index contributed by atoms with van der Waals surface area (Å²) in [6, 6.07) is 15.9. The Morgan fingerprint density at radius 2 is 0.772 bits per heavy atom. The first-order valence-corrected chi connectivity index (χ1v) is 23.2. The van der Waals surface area contributed by atoms with Crippen LogP contribution in [0.2, 0.25) is 0 Å². The van der Waals surface area contributed by atoms with Gasteiger partial charge in [0.1, 0.15) is 11.5 Å². The molecular weight excluding hydrogens is 709 g/mol. The molecule has 2 aromatic rings. The monoisotopic (exact) mass is 793 g/mol. The predicted octanol–water partition coefficient (Wildman–Crippen LogP) is 11.1. The second-order valence-corrected chi connectivity index (χ2v) is 16.8. The van der Waals surface area contributed by atoms with E-state index in [0.717, 1.165) is 67.9 Å². The van der Waals surface area contributed by atoms with Crippen LogP contribution in [0.5, 0.6) is 11.5 Å². The molecule has 0 aliphatic rings. The number of hydrogen-bond donors (Lipinski definition) is 4. The van der Waals surface area contributed by atoms with Gasteiger partial charge in [0.2, 0.25) is 11.8 Å². The largest absolute Gasteiger partial charge is 0.494 e. The van der Waals surface area contributed by atoms with Gasteiger partial charge < -0.3 is 30.7 Å². The number of nitrogens with one attached hydrogen (secondary N) is 4. The van der Waals surface area contributed by atoms with E-state index in [2.05, 4.69) is 87.1 Å². The molecule has 0 saturated carbocycles. The summed E-state index contributed by atoms with van der Waals surface area (Å²) in [6.07, 6.45) is 23.4. The van der Waals surface area contributed by atoms with Gasteiger partial charge in [0, 0.05) is 26.2 Å². The van der Waals surface area contributed by atoms with Crippen LogP contribution in [-0.4, -0.2) is 50.2 Å². The molecule has 2 atom stereocenters. The van der Waals surface area contributed by atoms with Gasteiger partial charge in [-0.1, -0.05) is 156 Å². The highest BCUT2D eigenvalue weighted by atomic mass is 16.5. The molecule has 0 saturated heterocycles. The Hall–Kier alpha value is -3.10. The van der Waals surface area contributed by atoms with Crippen LogP contribution < -0.4 is 30.7 Å². The van der Waals surface area contributed by atoms with E-state index in [4.69, 9.17) is 9.47 Å². The van der Waals surface area contributed by atoms with E-state index in [1.807, 2.05) is 24.3 Å². The third-order valence-electron chi connectivity index (χ3n) is 10.8. The molecule has 0 radical (unpaired) electrons. The molecule has 2 amide bonds. The van der Waals surface area contributed by atoms with Crippen LogP contribution >= 0.6 is 0 Å². The van der Waals surface area contributed by atoms with Crippen molar-refractivity contribution in [1.82, 2.24) is 21.3 Å². The lowest BCUT2D eigenvalue weighted by Gasteiger charge is -2.22. The second-order valence-electron chi connectivity index (χ2n) is 16.8. The summed E-state index contributed by atoms with van der Waals surface area (Å²) in [5.74, 6) is 2.22. The fourth-order valence-corrected chi connectivity index (χ4v) is 7.05. The zero-order chi connectivity index (χ0) is 41.4. The molecule has 8 heteroatoms. The minimum absolute atomic E-state index is 0.0374. The van der Waals surface area contributed by atoms with E-state index in [0.29, 0.717) is 26.2 Å². The molecule has 324 valence electrons. The second kappa shape index (κ2) is 32.8. The lowest BCUT2D eigenvalue weighted by atomic mass is 10.0. The number of hydrogen-bond acceptors (Lipinski definition) is 6. The number of carbonyl (C=O) groups excluding carboxylic acids is 2. The highest BCUT2D eigenvalue weighted by Crippen LogP contribution is 2.16. The van der Waals surface area contributed by atoms with Gasteiger partial charge in [-0.05, 0) is 79.3 Å². The highest BCUT2D eigenvalue weighted by molar-refractivity contribution is 5.82. The van der Waals surface area contributed by atoms with Crippen molar-refractivity contribution in [3.05, 3.63) is 59.7 Å². The summed E-state index contributed by atoms with van der Waals surface area (Å²) in [6.45, 7) is 16.9. The van der Waals surface area contributed by atoms with Gasteiger partial charge in [0.05, 0.1) is 25.3 Å². The maximum absolute atomic E-state index is 13.1. The first kappa shape index (κ1) is 50.0. The van der Waals surface area contributed by atoms with Gasteiger partial charge in [-0.3, -0.25) is 9.59 Å². The lowest BCUT2D eigenvalue weighted by Crippen LogP contribution is -2.47. The van der Waals surface area contributed by atoms with Crippen molar-refractivity contribution in [3.63, 3.8) is 0 Å². The number of carbonyl (C=O) groups is 2. The normalized spacial score (nSPS) is 12.5. The average Bonchev–Trinajstić information content (AvgIpc) is 3.20. The summed E-state index contributed by atoms with van der Waals surface area (Å²) in [5, 5.41) is 13.2. The standard InChI is InChI=1S/C49H84N4O4/c1-7-9-11-13-15-17-19-24-36-56-44-30-26-42(27-31-44)38-52-46(40(3)4)48(54)50-34-22-21-23-35-51-49(55)47(41(5)6)53-39-43-28-32-45(33-29-43)57-37-25-20-18-16-14-12-10-8-2/h26-33,40-41,46-47,52-53H,7-25,34-39H2,1-6H3,(H,50,54)(H,51,55)/t46-,47-/m0/s1. The summed E-state index contributed by atoms with van der Waals surface area (Å²) < 4.78 is 11.9. The minimum atomic E-state index is -0.265. The van der Waals surface area contributed by atoms with Crippen LogP contribution in [0.15, 0.2) is 48.5 Å². The van der Waals surface area contributed by atoms with Crippen molar-refractivity contribution < 1.29 is 19.1 Å². The zero-order valence-electron chi connectivity index (χ0n) is 37.2. The molecule has 0 fully saturated rings. The molecule has 2 rings (SSSR count). The number of amides is 2. The molecule has 0 heterocycles. The van der Waals surface area contributed by atoms with Crippen molar-refractivity contribution in [3.8, 4) is 11.5 Å². The number of unbranched alkanes of at least 4 members (excludes halogenated alkanes) is 16. The van der Waals surface area contributed by atoms with Crippen molar-refractivity contribution in [2.45, 2.75) is 189 Å². The third kappa shape index (κ3) is 24.4. The van der Waals surface area contributed by atoms with E-state index < -0.39 is 0 Å². The van der Waals surface area contributed by atoms with Gasteiger partial charge in [0.25, 0.3) is 0 Å². The van der Waals surface area contributed by atoms with E-state index in [1.54, 1.807) is 0 Å². The molecule has 0 spiro atoms. The van der Waals surface area contributed by atoms with Crippen molar-refractivity contribution in [2.24, 2.45) is 11.8 Å². The molecule has 2 aromatic carbocycles. The van der Waals surface area contributed by atoms with Crippen molar-refractivity contribution in [1.29, 1.82) is 0 Å². The van der Waals surface area contributed by atoms with Crippen LogP contribution in [0.3, 0.4) is 0 Å². The zero-order valence-corrected chi connectivity index (χ0v) is 37.2. The van der Waals surface area contributed by atoms with Crippen molar-refractivity contribution >= 4 is 11.8 Å². The van der Waals surface area contributed by atoms with E-state index in [9.17, 15) is 9.59 Å². The first-order valence-electron chi connectivity index (χ1n) is 23.2. The fraction of sp³-hybridized carbons (Fsp3) is 0.714. The molecule has 0 unspecified atom stereocenters. The maximum atomic E-state index is 13.1. The molecule has 57 heavy (non-hydrogen) atoms. The Labute approximate surface area is 349 Å². The SMILES string of the molecule is CCCCCCCCCCOc1ccc(CN[C@H](C(=O)NCCCCCNC(=O)[C@@H](NCc2ccc(OCCCCCCCCCC)cc2)C(C)C)C(C)C)cc1. The maximum Gasteiger partial charge on any atom is 0.237 e. The Balaban J connectivity index is 1.57. The van der Waals surface area contributed by atoms with Crippen LogP contribution in [-0.2, 0) is 22.7 Å². The van der Waals surface area contributed by atoms with Crippen molar-refractivity contribution in [2.75, 3.05) is 26.3 Å². The highest BCUT2D eigenvalue weighted by Gasteiger charge is 2.22. The van der Waals surface area contributed by atoms with Crippen LogP contribution in [0.1, 0.15) is 175 Å². The lowest BCUT2D eigenvalue weighted by molar-refractivity contribution is -0.124. The van der Waals surface area contributed by atoms with Gasteiger partial charge in [-0.2, -0.15) is 0 Å². The fourth-order valence-electron chi connectivity index (χ4n) is 7.05. The number of benzene rings is 2. The molecular formula is C49H84N4O4. The Morgan fingerprint density at radius 1 is 0.456 bits per heavy atom. The molecule has 0 bridgehead atoms. The summed E-state index contributed by atoms with van der Waals surface area (Å²) in [7, 11) is 0. The summed E-state index contributed by atoms with van der Waals surface area (Å²) in [5.41, 5.74) is 2.27. The van der Waals surface area contributed by atoms with Gasteiger partial charge in [0.15, 0.2) is 0 Å². The average molecular weight is 793 g/mol. The Kier molecular flexibility index (Phi) is 28.8. The predicted molar refractivity (Wildman–Crippen MR) is 240 cm³/mol. The summed E-state index contributed by atoms with van der Waals surface area (Å²) >= 11 is 0. The molecule has 8 nitrogen and oxygen atoms in total. The Bertz CT molecular complexity index is 1170. The van der Waals surface area contributed by atoms with Gasteiger partial charge in [-0.25, -0.2) is 0 Å². The number of rotatable bonds is 36. The van der Waals surface area contributed by atoms with Crippen LogP contribution in [0.25, 0.3) is 0 Å². The van der Waals surface area contributed by atoms with E-state index in [1.165, 1.54) is 89.9 Å². The summed E-state index contributed by atoms with van der Waals surface area (Å²) in [4.78, 5) is 26.1. The molecule has 4 N–H and O–H groups in total. The molecule has 0 aliphatic carbocycles. The molecule has 0 aromatic heterocycles. The van der Waals surface area contributed by atoms with Crippen LogP contribution in [0.4, 0.5) is 0 Å². The number of ether oxygens (including phenoxy) is 2. The smallest absolute Gasteiger partial charge is 0.237 e. The third-order valence-corrected chi connectivity index (χ3v) is 10.8. The first-order chi connectivity index (χ1) is 27.7. The topological polar surface area (TPSA) is 101 Å².